The maximum atomic E-state index is 12.5. The van der Waals surface area contributed by atoms with Crippen molar-refractivity contribution < 1.29 is 14.1 Å². The Morgan fingerprint density at radius 3 is 2.75 bits per heavy atom. The van der Waals surface area contributed by atoms with Crippen molar-refractivity contribution in [2.24, 2.45) is 0 Å². The zero-order valence-electron chi connectivity index (χ0n) is 12.8. The van der Waals surface area contributed by atoms with Crippen LogP contribution in [0.4, 0.5) is 5.69 Å². The van der Waals surface area contributed by atoms with Crippen LogP contribution in [0.5, 0.6) is 5.75 Å². The molecule has 6 heteroatoms. The fourth-order valence-electron chi connectivity index (χ4n) is 2.22. The van der Waals surface area contributed by atoms with Crippen LogP contribution in [-0.2, 0) is 0 Å². The maximum absolute atomic E-state index is 12.5. The van der Waals surface area contributed by atoms with Crippen LogP contribution in [0.1, 0.15) is 15.9 Å². The molecule has 0 spiro atoms. The number of carbonyl (C=O) groups is 1. The van der Waals surface area contributed by atoms with Gasteiger partial charge in [-0.05, 0) is 42.5 Å². The normalized spacial score (nSPS) is 10.0. The molecule has 1 aromatic heterocycles. The number of carbonyl (C=O) groups excluding carboxylic acids is 1. The summed E-state index contributed by atoms with van der Waals surface area (Å²) in [5.41, 5.74) is 2.01. The zero-order chi connectivity index (χ0) is 16.9. The summed E-state index contributed by atoms with van der Waals surface area (Å²) < 4.78 is 10.3. The Hall–Kier alpha value is -3.59. The fraction of sp³-hybridized carbons (Fsp3) is 0.0556. The number of ether oxygens (including phenoxy) is 1. The Balaban J connectivity index is 1.86. The first-order valence-electron chi connectivity index (χ1n) is 7.12. The third-order valence-corrected chi connectivity index (χ3v) is 3.42. The molecule has 0 saturated heterocycles. The van der Waals surface area contributed by atoms with Crippen molar-refractivity contribution in [1.82, 2.24) is 5.16 Å². The lowest BCUT2D eigenvalue weighted by molar-refractivity contribution is 0.102. The van der Waals surface area contributed by atoms with Crippen molar-refractivity contribution in [2.45, 2.75) is 0 Å². The molecule has 118 valence electrons. The Morgan fingerprint density at radius 2 is 2.04 bits per heavy atom. The van der Waals surface area contributed by atoms with Gasteiger partial charge >= 0.3 is 0 Å². The Kier molecular flexibility index (Phi) is 4.25. The highest BCUT2D eigenvalue weighted by atomic mass is 16.5. The van der Waals surface area contributed by atoms with Crippen LogP contribution in [0.3, 0.4) is 0 Å². The molecule has 0 aliphatic carbocycles. The van der Waals surface area contributed by atoms with Gasteiger partial charge in [0.15, 0.2) is 5.76 Å². The highest BCUT2D eigenvalue weighted by Gasteiger charge is 2.18. The summed E-state index contributed by atoms with van der Waals surface area (Å²) in [6, 6.07) is 15.8. The SMILES string of the molecule is COc1ccc(-c2oncc2C(=O)Nc2cccc(C#N)c2)cc1. The average Bonchev–Trinajstić information content (AvgIpc) is 3.12. The number of methoxy groups -OCH3 is 1. The molecule has 3 rings (SSSR count). The van der Waals surface area contributed by atoms with Gasteiger partial charge in [-0.2, -0.15) is 5.26 Å². The van der Waals surface area contributed by atoms with Crippen LogP contribution in [0, 0.1) is 11.3 Å². The van der Waals surface area contributed by atoms with E-state index in [1.807, 2.05) is 6.07 Å². The predicted octanol–water partition coefficient (Wildman–Crippen LogP) is 3.47. The number of anilines is 1. The summed E-state index contributed by atoms with van der Waals surface area (Å²) in [5, 5.41) is 15.4. The van der Waals surface area contributed by atoms with Gasteiger partial charge in [0.2, 0.25) is 0 Å². The lowest BCUT2D eigenvalue weighted by atomic mass is 10.1. The minimum atomic E-state index is -0.364. The van der Waals surface area contributed by atoms with E-state index in [0.29, 0.717) is 33.9 Å². The van der Waals surface area contributed by atoms with Crippen LogP contribution in [0.15, 0.2) is 59.3 Å². The maximum Gasteiger partial charge on any atom is 0.261 e. The molecule has 0 saturated carbocycles. The van der Waals surface area contributed by atoms with E-state index in [2.05, 4.69) is 10.5 Å². The van der Waals surface area contributed by atoms with E-state index >= 15 is 0 Å². The highest BCUT2D eigenvalue weighted by molar-refractivity contribution is 6.07. The number of amides is 1. The molecule has 2 aromatic carbocycles. The number of benzene rings is 2. The molecule has 1 N–H and O–H groups in total. The van der Waals surface area contributed by atoms with E-state index in [0.717, 1.165) is 0 Å². The minimum absolute atomic E-state index is 0.308. The Bertz CT molecular complexity index is 908. The van der Waals surface area contributed by atoms with Crippen molar-refractivity contribution in [1.29, 1.82) is 5.26 Å². The molecular formula is C18H13N3O3. The van der Waals surface area contributed by atoms with Gasteiger partial charge in [0.05, 0.1) is 24.9 Å². The molecule has 6 nitrogen and oxygen atoms in total. The molecule has 0 bridgehead atoms. The molecule has 0 aliphatic rings. The molecular weight excluding hydrogens is 306 g/mol. The van der Waals surface area contributed by atoms with E-state index in [9.17, 15) is 4.79 Å². The zero-order valence-corrected chi connectivity index (χ0v) is 12.8. The van der Waals surface area contributed by atoms with Gasteiger partial charge in [-0.15, -0.1) is 0 Å². The second-order valence-electron chi connectivity index (χ2n) is 4.94. The topological polar surface area (TPSA) is 88.2 Å². The van der Waals surface area contributed by atoms with Crippen molar-refractivity contribution in [2.75, 3.05) is 12.4 Å². The van der Waals surface area contributed by atoms with Crippen molar-refractivity contribution in [3.8, 4) is 23.1 Å². The van der Waals surface area contributed by atoms with Gasteiger partial charge in [-0.1, -0.05) is 11.2 Å². The highest BCUT2D eigenvalue weighted by Crippen LogP contribution is 2.26. The number of rotatable bonds is 4. The number of aromatic nitrogens is 1. The van der Waals surface area contributed by atoms with Gasteiger partial charge in [-0.3, -0.25) is 4.79 Å². The van der Waals surface area contributed by atoms with Crippen molar-refractivity contribution in [3.63, 3.8) is 0 Å². The third kappa shape index (κ3) is 3.10. The summed E-state index contributed by atoms with van der Waals surface area (Å²) >= 11 is 0. The summed E-state index contributed by atoms with van der Waals surface area (Å²) in [4.78, 5) is 12.5. The number of nitrogens with zero attached hydrogens (tertiary/aromatic N) is 2. The lowest BCUT2D eigenvalue weighted by Crippen LogP contribution is -2.12. The van der Waals surface area contributed by atoms with Crippen LogP contribution in [-0.4, -0.2) is 18.2 Å². The molecule has 24 heavy (non-hydrogen) atoms. The first-order chi connectivity index (χ1) is 11.7. The van der Waals surface area contributed by atoms with E-state index in [1.54, 1.807) is 55.6 Å². The molecule has 0 unspecified atom stereocenters. The Morgan fingerprint density at radius 1 is 1.25 bits per heavy atom. The number of nitriles is 1. The molecule has 3 aromatic rings. The molecule has 0 aliphatic heterocycles. The van der Waals surface area contributed by atoms with Gasteiger partial charge in [-0.25, -0.2) is 0 Å². The van der Waals surface area contributed by atoms with Crippen LogP contribution in [0.2, 0.25) is 0 Å². The second kappa shape index (κ2) is 6.67. The van der Waals surface area contributed by atoms with E-state index in [4.69, 9.17) is 14.5 Å². The van der Waals surface area contributed by atoms with E-state index < -0.39 is 0 Å². The van der Waals surface area contributed by atoms with Gasteiger partial charge in [0, 0.05) is 11.3 Å². The third-order valence-electron chi connectivity index (χ3n) is 3.42. The Labute approximate surface area is 138 Å². The van der Waals surface area contributed by atoms with E-state index in [-0.39, 0.29) is 5.91 Å². The average molecular weight is 319 g/mol. The number of hydrogen-bond donors (Lipinski definition) is 1. The van der Waals surface area contributed by atoms with Crippen LogP contribution in [0.25, 0.3) is 11.3 Å². The monoisotopic (exact) mass is 319 g/mol. The van der Waals surface area contributed by atoms with Crippen molar-refractivity contribution >= 4 is 11.6 Å². The van der Waals surface area contributed by atoms with E-state index in [1.165, 1.54) is 6.20 Å². The smallest absolute Gasteiger partial charge is 0.261 e. The van der Waals surface area contributed by atoms with Crippen molar-refractivity contribution in [3.05, 3.63) is 65.9 Å². The first kappa shape index (κ1) is 15.3. The second-order valence-corrected chi connectivity index (χ2v) is 4.94. The lowest BCUT2D eigenvalue weighted by Gasteiger charge is -2.05. The number of hydrogen-bond acceptors (Lipinski definition) is 5. The minimum Gasteiger partial charge on any atom is -0.497 e. The van der Waals surface area contributed by atoms with Crippen LogP contribution >= 0.6 is 0 Å². The molecule has 1 amide bonds. The largest absolute Gasteiger partial charge is 0.497 e. The molecule has 0 atom stereocenters. The van der Waals surface area contributed by atoms with Crippen LogP contribution < -0.4 is 10.1 Å². The van der Waals surface area contributed by atoms with Gasteiger partial charge < -0.3 is 14.6 Å². The fourth-order valence-corrected chi connectivity index (χ4v) is 2.22. The van der Waals surface area contributed by atoms with Gasteiger partial charge in [0.25, 0.3) is 5.91 Å². The summed E-state index contributed by atoms with van der Waals surface area (Å²) in [7, 11) is 1.58. The molecule has 0 radical (unpaired) electrons. The van der Waals surface area contributed by atoms with Gasteiger partial charge in [0.1, 0.15) is 11.3 Å². The predicted molar refractivity (Wildman–Crippen MR) is 87.6 cm³/mol. The molecule has 1 heterocycles. The summed E-state index contributed by atoms with van der Waals surface area (Å²) in [5.74, 6) is 0.710. The first-order valence-corrected chi connectivity index (χ1v) is 7.12. The summed E-state index contributed by atoms with van der Waals surface area (Å²) in [6.07, 6.45) is 1.36. The quantitative estimate of drug-likeness (QED) is 0.795. The summed E-state index contributed by atoms with van der Waals surface area (Å²) in [6.45, 7) is 0. The standard InChI is InChI=1S/C18H13N3O3/c1-23-15-7-5-13(6-8-15)17-16(11-20-24-17)18(22)21-14-4-2-3-12(9-14)10-19/h2-9,11H,1H3,(H,21,22). The number of nitrogens with one attached hydrogen (secondary N) is 1. The molecule has 0 fully saturated rings.